The van der Waals surface area contributed by atoms with E-state index >= 15 is 0 Å². The van der Waals surface area contributed by atoms with Crippen molar-refractivity contribution in [3.05, 3.63) is 30.4 Å². The topological polar surface area (TPSA) is 106 Å². The molecule has 3 aromatic heterocycles. The highest BCUT2D eigenvalue weighted by atomic mass is 19.4. The Balaban J connectivity index is 1.69. The standard InChI is InChI=1S/C18H17F3N6O3/c1-2-27-14(10-3-4-12(22-7-10)18(19,20)21)25-13-15(27)23-9-24-16(13)30-11-5-6-26(8-11)17(28)29/h3-4,7,9,11H,2,5-6,8H2,1H3,(H,28,29). The molecule has 158 valence electrons. The Hall–Kier alpha value is -3.44. The molecule has 1 aliphatic rings. The molecule has 0 aliphatic carbocycles. The van der Waals surface area contributed by atoms with E-state index in [2.05, 4.69) is 19.9 Å². The lowest BCUT2D eigenvalue weighted by atomic mass is 10.2. The molecule has 1 aliphatic heterocycles. The van der Waals surface area contributed by atoms with Gasteiger partial charge in [0.15, 0.2) is 11.2 Å². The quantitative estimate of drug-likeness (QED) is 0.689. The number of aromatic nitrogens is 5. The number of pyridine rings is 1. The highest BCUT2D eigenvalue weighted by Crippen LogP contribution is 2.31. The SMILES string of the molecule is CCn1c(-c2ccc(C(F)(F)F)nc2)nc2c(OC3CCN(C(=O)O)C3)ncnc21. The molecule has 3 aromatic rings. The van der Waals surface area contributed by atoms with Crippen LogP contribution in [0.5, 0.6) is 5.88 Å². The van der Waals surface area contributed by atoms with Gasteiger partial charge in [-0.15, -0.1) is 0 Å². The van der Waals surface area contributed by atoms with Crippen LogP contribution in [0.1, 0.15) is 19.0 Å². The van der Waals surface area contributed by atoms with Crippen LogP contribution in [0.4, 0.5) is 18.0 Å². The van der Waals surface area contributed by atoms with Crippen molar-refractivity contribution in [1.82, 2.24) is 29.4 Å². The third kappa shape index (κ3) is 3.60. The van der Waals surface area contributed by atoms with E-state index in [1.807, 2.05) is 6.92 Å². The average Bonchev–Trinajstić information content (AvgIpc) is 3.32. The predicted octanol–water partition coefficient (Wildman–Crippen LogP) is 3.06. The normalized spacial score (nSPS) is 16.9. The van der Waals surface area contributed by atoms with Crippen LogP contribution in [0.3, 0.4) is 0 Å². The third-order valence-corrected chi connectivity index (χ3v) is 4.82. The number of carbonyl (C=O) groups is 1. The van der Waals surface area contributed by atoms with Crippen molar-refractivity contribution in [2.75, 3.05) is 13.1 Å². The van der Waals surface area contributed by atoms with Crippen molar-refractivity contribution in [1.29, 1.82) is 0 Å². The lowest BCUT2D eigenvalue weighted by Gasteiger charge is -2.13. The molecule has 1 unspecified atom stereocenters. The zero-order valence-corrected chi connectivity index (χ0v) is 15.8. The van der Waals surface area contributed by atoms with Gasteiger partial charge in [0.1, 0.15) is 23.9 Å². The minimum atomic E-state index is -4.53. The Morgan fingerprint density at radius 2 is 2.10 bits per heavy atom. The Morgan fingerprint density at radius 3 is 2.70 bits per heavy atom. The van der Waals surface area contributed by atoms with E-state index in [4.69, 9.17) is 9.84 Å². The number of amides is 1. The fourth-order valence-corrected chi connectivity index (χ4v) is 3.37. The van der Waals surface area contributed by atoms with Crippen molar-refractivity contribution >= 4 is 17.3 Å². The van der Waals surface area contributed by atoms with E-state index in [9.17, 15) is 18.0 Å². The smallest absolute Gasteiger partial charge is 0.433 e. The van der Waals surface area contributed by atoms with Gasteiger partial charge in [0.2, 0.25) is 5.88 Å². The first-order chi connectivity index (χ1) is 14.3. The van der Waals surface area contributed by atoms with Crippen LogP contribution >= 0.6 is 0 Å². The third-order valence-electron chi connectivity index (χ3n) is 4.82. The summed E-state index contributed by atoms with van der Waals surface area (Å²) in [5.74, 6) is 0.586. The summed E-state index contributed by atoms with van der Waals surface area (Å²) >= 11 is 0. The van der Waals surface area contributed by atoms with Crippen molar-refractivity contribution in [3.8, 4) is 17.3 Å². The van der Waals surface area contributed by atoms with Crippen LogP contribution in [0.15, 0.2) is 24.7 Å². The number of halogens is 3. The van der Waals surface area contributed by atoms with Gasteiger partial charge in [0, 0.05) is 31.3 Å². The largest absolute Gasteiger partial charge is 0.471 e. The molecule has 12 heteroatoms. The summed E-state index contributed by atoms with van der Waals surface area (Å²) in [6, 6.07) is 2.20. The fraction of sp³-hybridized carbons (Fsp3) is 0.389. The van der Waals surface area contributed by atoms with Gasteiger partial charge >= 0.3 is 12.3 Å². The van der Waals surface area contributed by atoms with Crippen LogP contribution < -0.4 is 4.74 Å². The van der Waals surface area contributed by atoms with E-state index in [0.29, 0.717) is 42.1 Å². The fourth-order valence-electron chi connectivity index (χ4n) is 3.37. The molecule has 0 spiro atoms. The number of rotatable bonds is 4. The molecule has 30 heavy (non-hydrogen) atoms. The maximum absolute atomic E-state index is 12.8. The van der Waals surface area contributed by atoms with Crippen molar-refractivity contribution in [2.45, 2.75) is 32.2 Å². The van der Waals surface area contributed by atoms with Gasteiger partial charge in [0.25, 0.3) is 0 Å². The summed E-state index contributed by atoms with van der Waals surface area (Å²) in [6.45, 7) is 2.89. The molecule has 0 saturated carbocycles. The maximum atomic E-state index is 12.8. The zero-order chi connectivity index (χ0) is 21.5. The highest BCUT2D eigenvalue weighted by molar-refractivity contribution is 5.81. The van der Waals surface area contributed by atoms with E-state index in [0.717, 1.165) is 12.3 Å². The first-order valence-corrected chi connectivity index (χ1v) is 9.17. The van der Waals surface area contributed by atoms with Crippen LogP contribution in [-0.2, 0) is 12.7 Å². The molecule has 4 rings (SSSR count). The van der Waals surface area contributed by atoms with Gasteiger partial charge in [-0.3, -0.25) is 4.98 Å². The second-order valence-electron chi connectivity index (χ2n) is 6.72. The minimum absolute atomic E-state index is 0.200. The van der Waals surface area contributed by atoms with Crippen molar-refractivity contribution < 1.29 is 27.8 Å². The monoisotopic (exact) mass is 422 g/mol. The lowest BCUT2D eigenvalue weighted by molar-refractivity contribution is -0.141. The Labute approximate surface area is 168 Å². The van der Waals surface area contributed by atoms with E-state index in [1.54, 1.807) is 4.57 Å². The van der Waals surface area contributed by atoms with Crippen molar-refractivity contribution in [2.24, 2.45) is 0 Å². The van der Waals surface area contributed by atoms with Gasteiger partial charge in [-0.05, 0) is 19.1 Å². The first kappa shape index (κ1) is 19.9. The molecule has 4 heterocycles. The number of aryl methyl sites for hydroxylation is 1. The van der Waals surface area contributed by atoms with E-state index in [-0.39, 0.29) is 18.5 Å². The molecule has 1 saturated heterocycles. The summed E-state index contributed by atoms with van der Waals surface area (Å²) in [5.41, 5.74) is 0.221. The van der Waals surface area contributed by atoms with E-state index < -0.39 is 18.0 Å². The Bertz CT molecular complexity index is 1080. The molecular formula is C18H17F3N6O3. The lowest BCUT2D eigenvalue weighted by Crippen LogP contribution is -2.29. The average molecular weight is 422 g/mol. The molecule has 1 amide bonds. The summed E-state index contributed by atoms with van der Waals surface area (Å²) < 4.78 is 46.0. The van der Waals surface area contributed by atoms with Crippen LogP contribution in [0.25, 0.3) is 22.6 Å². The first-order valence-electron chi connectivity index (χ1n) is 9.17. The van der Waals surface area contributed by atoms with Crippen LogP contribution in [-0.4, -0.2) is 59.8 Å². The molecule has 0 aromatic carbocycles. The van der Waals surface area contributed by atoms with Gasteiger partial charge in [-0.1, -0.05) is 0 Å². The molecule has 1 fully saturated rings. The molecule has 0 radical (unpaired) electrons. The molecule has 1 atom stereocenters. The number of imidazole rings is 1. The Morgan fingerprint density at radius 1 is 1.30 bits per heavy atom. The number of ether oxygens (including phenoxy) is 1. The summed E-state index contributed by atoms with van der Waals surface area (Å²) in [6.07, 6.45) is -2.97. The summed E-state index contributed by atoms with van der Waals surface area (Å²) in [4.78, 5) is 28.7. The van der Waals surface area contributed by atoms with Gasteiger partial charge < -0.3 is 19.3 Å². The molecular weight excluding hydrogens is 405 g/mol. The number of alkyl halides is 3. The second-order valence-corrected chi connectivity index (χ2v) is 6.72. The summed E-state index contributed by atoms with van der Waals surface area (Å²) in [7, 11) is 0. The van der Waals surface area contributed by atoms with E-state index in [1.165, 1.54) is 17.3 Å². The van der Waals surface area contributed by atoms with Crippen LogP contribution in [0, 0.1) is 0 Å². The number of hydrogen-bond acceptors (Lipinski definition) is 6. The number of fused-ring (bicyclic) bond motifs is 1. The number of likely N-dealkylation sites (tertiary alicyclic amines) is 1. The molecule has 0 bridgehead atoms. The maximum Gasteiger partial charge on any atom is 0.433 e. The van der Waals surface area contributed by atoms with Gasteiger partial charge in [0.05, 0.1) is 6.54 Å². The van der Waals surface area contributed by atoms with Gasteiger partial charge in [-0.25, -0.2) is 14.8 Å². The number of nitrogens with zero attached hydrogens (tertiary/aromatic N) is 6. The van der Waals surface area contributed by atoms with Crippen LogP contribution in [0.2, 0.25) is 0 Å². The molecule has 1 N–H and O–H groups in total. The molecule has 9 nitrogen and oxygen atoms in total. The van der Waals surface area contributed by atoms with Gasteiger partial charge in [-0.2, -0.15) is 18.2 Å². The number of carboxylic acid groups (broad SMARTS) is 1. The van der Waals surface area contributed by atoms with Crippen molar-refractivity contribution in [3.63, 3.8) is 0 Å². The highest BCUT2D eigenvalue weighted by Gasteiger charge is 2.32. The predicted molar refractivity (Wildman–Crippen MR) is 97.9 cm³/mol. The second kappa shape index (κ2) is 7.43. The minimum Gasteiger partial charge on any atom is -0.471 e. The number of hydrogen-bond donors (Lipinski definition) is 1. The zero-order valence-electron chi connectivity index (χ0n) is 15.8. The Kier molecular flexibility index (Phi) is 4.92. The summed E-state index contributed by atoms with van der Waals surface area (Å²) in [5, 5.41) is 9.09.